The molecule has 6 nitrogen and oxygen atoms in total. The summed E-state index contributed by atoms with van der Waals surface area (Å²) in [5, 5.41) is 8.59. The molecule has 134 valence electrons. The molecule has 0 N–H and O–H groups in total. The van der Waals surface area contributed by atoms with Crippen molar-refractivity contribution in [1.82, 2.24) is 15.1 Å². The first kappa shape index (κ1) is 17.8. The van der Waals surface area contributed by atoms with Crippen molar-refractivity contribution in [2.45, 2.75) is 44.9 Å². The van der Waals surface area contributed by atoms with Crippen LogP contribution >= 0.6 is 11.8 Å². The van der Waals surface area contributed by atoms with Gasteiger partial charge in [0.2, 0.25) is 11.8 Å². The molecule has 0 saturated carbocycles. The normalized spacial score (nSPS) is 14.3. The van der Waals surface area contributed by atoms with Crippen LogP contribution in [0.5, 0.6) is 5.75 Å². The minimum absolute atomic E-state index is 0.163. The molecule has 1 fully saturated rings. The van der Waals surface area contributed by atoms with Gasteiger partial charge in [-0.25, -0.2) is 0 Å². The van der Waals surface area contributed by atoms with Gasteiger partial charge in [0.25, 0.3) is 5.22 Å². The second-order valence-corrected chi connectivity index (χ2v) is 7.22. The van der Waals surface area contributed by atoms with Gasteiger partial charge in [-0.15, -0.1) is 10.2 Å². The highest BCUT2D eigenvalue weighted by Gasteiger charge is 2.22. The number of carbonyl (C=O) groups excluding carboxylic acids is 1. The van der Waals surface area contributed by atoms with Crippen molar-refractivity contribution in [3.63, 3.8) is 0 Å². The summed E-state index contributed by atoms with van der Waals surface area (Å²) in [6, 6.07) is 6.14. The van der Waals surface area contributed by atoms with Gasteiger partial charge in [0.15, 0.2) is 0 Å². The molecule has 3 rings (SSSR count). The molecule has 1 aliphatic rings. The molecular formula is C18H23N3O3S. The number of aryl methyl sites for hydroxylation is 2. The van der Waals surface area contributed by atoms with Crippen LogP contribution in [-0.4, -0.2) is 39.9 Å². The number of thioether (sulfide) groups is 1. The summed E-state index contributed by atoms with van der Waals surface area (Å²) < 4.78 is 11.4. The van der Waals surface area contributed by atoms with E-state index in [1.807, 2.05) is 6.07 Å². The SMILES string of the molecule is Cc1ccc(OCCCSc2nnc(CN3CCCC3=O)o2)cc1C. The van der Waals surface area contributed by atoms with E-state index in [0.29, 0.717) is 30.7 Å². The lowest BCUT2D eigenvalue weighted by atomic mass is 10.1. The van der Waals surface area contributed by atoms with Crippen LogP contribution in [-0.2, 0) is 11.3 Å². The fraction of sp³-hybridized carbons (Fsp3) is 0.500. The summed E-state index contributed by atoms with van der Waals surface area (Å²) in [6.07, 6.45) is 2.42. The van der Waals surface area contributed by atoms with Gasteiger partial charge in [-0.2, -0.15) is 0 Å². The summed E-state index contributed by atoms with van der Waals surface area (Å²) in [4.78, 5) is 13.4. The Morgan fingerprint density at radius 3 is 2.92 bits per heavy atom. The molecule has 7 heteroatoms. The van der Waals surface area contributed by atoms with Gasteiger partial charge in [-0.1, -0.05) is 17.8 Å². The van der Waals surface area contributed by atoms with Crippen molar-refractivity contribution in [2.24, 2.45) is 0 Å². The Morgan fingerprint density at radius 2 is 2.16 bits per heavy atom. The minimum atomic E-state index is 0.163. The minimum Gasteiger partial charge on any atom is -0.494 e. The van der Waals surface area contributed by atoms with E-state index in [1.165, 1.54) is 22.9 Å². The molecular weight excluding hydrogens is 338 g/mol. The van der Waals surface area contributed by atoms with Crippen LogP contribution in [0.2, 0.25) is 0 Å². The van der Waals surface area contributed by atoms with Crippen LogP contribution in [0.25, 0.3) is 0 Å². The highest BCUT2D eigenvalue weighted by atomic mass is 32.2. The summed E-state index contributed by atoms with van der Waals surface area (Å²) in [5.74, 6) is 2.42. The lowest BCUT2D eigenvalue weighted by Gasteiger charge is -2.11. The predicted molar refractivity (Wildman–Crippen MR) is 95.7 cm³/mol. The van der Waals surface area contributed by atoms with E-state index in [2.05, 4.69) is 36.2 Å². The van der Waals surface area contributed by atoms with Gasteiger partial charge >= 0.3 is 0 Å². The molecule has 0 spiro atoms. The van der Waals surface area contributed by atoms with Crippen molar-refractivity contribution in [2.75, 3.05) is 18.9 Å². The number of rotatable bonds is 8. The Kier molecular flexibility index (Phi) is 5.96. The van der Waals surface area contributed by atoms with Gasteiger partial charge < -0.3 is 14.1 Å². The van der Waals surface area contributed by atoms with E-state index >= 15 is 0 Å². The molecule has 0 unspecified atom stereocenters. The number of amides is 1. The van der Waals surface area contributed by atoms with Crippen molar-refractivity contribution in [1.29, 1.82) is 0 Å². The molecule has 1 aliphatic heterocycles. The number of ether oxygens (including phenoxy) is 1. The molecule has 0 atom stereocenters. The third kappa shape index (κ3) is 4.98. The quantitative estimate of drug-likeness (QED) is 0.530. The van der Waals surface area contributed by atoms with E-state index in [0.717, 1.165) is 30.9 Å². The number of likely N-dealkylation sites (tertiary alicyclic amines) is 1. The van der Waals surface area contributed by atoms with E-state index in [4.69, 9.17) is 9.15 Å². The predicted octanol–water partition coefficient (Wildman–Crippen LogP) is 3.37. The van der Waals surface area contributed by atoms with E-state index in [-0.39, 0.29) is 5.91 Å². The van der Waals surface area contributed by atoms with Crippen LogP contribution in [0, 0.1) is 13.8 Å². The topological polar surface area (TPSA) is 68.5 Å². The van der Waals surface area contributed by atoms with Crippen LogP contribution < -0.4 is 4.74 Å². The zero-order chi connectivity index (χ0) is 17.6. The lowest BCUT2D eigenvalue weighted by Crippen LogP contribution is -2.23. The van der Waals surface area contributed by atoms with Gasteiger partial charge in [0, 0.05) is 18.7 Å². The molecule has 1 aromatic carbocycles. The highest BCUT2D eigenvalue weighted by molar-refractivity contribution is 7.99. The monoisotopic (exact) mass is 361 g/mol. The number of aromatic nitrogens is 2. The molecule has 2 aromatic rings. The lowest BCUT2D eigenvalue weighted by molar-refractivity contribution is -0.128. The van der Waals surface area contributed by atoms with Gasteiger partial charge in [-0.05, 0) is 49.9 Å². The van der Waals surface area contributed by atoms with Gasteiger partial charge in [0.05, 0.1) is 13.2 Å². The van der Waals surface area contributed by atoms with Crippen LogP contribution in [0.1, 0.15) is 36.3 Å². The smallest absolute Gasteiger partial charge is 0.276 e. The third-order valence-corrected chi connectivity index (χ3v) is 5.11. The number of hydrogen-bond acceptors (Lipinski definition) is 6. The molecule has 0 aliphatic carbocycles. The average molecular weight is 361 g/mol. The first-order valence-electron chi connectivity index (χ1n) is 8.55. The summed E-state index contributed by atoms with van der Waals surface area (Å²) in [7, 11) is 0. The fourth-order valence-electron chi connectivity index (χ4n) is 2.61. The molecule has 0 bridgehead atoms. The molecule has 2 heterocycles. The Labute approximate surface area is 151 Å². The number of hydrogen-bond donors (Lipinski definition) is 0. The molecule has 1 saturated heterocycles. The zero-order valence-corrected chi connectivity index (χ0v) is 15.5. The standard InChI is InChI=1S/C18H23N3O3S/c1-13-6-7-15(11-14(13)2)23-9-4-10-25-18-20-19-16(24-18)12-21-8-3-5-17(21)22/h6-7,11H,3-5,8-10,12H2,1-2H3. The third-order valence-electron chi connectivity index (χ3n) is 4.21. The second-order valence-electron chi connectivity index (χ2n) is 6.18. The van der Waals surface area contributed by atoms with Crippen molar-refractivity contribution < 1.29 is 13.9 Å². The van der Waals surface area contributed by atoms with Crippen LogP contribution in [0.3, 0.4) is 0 Å². The Balaban J connectivity index is 1.36. The van der Waals surface area contributed by atoms with Crippen molar-refractivity contribution in [3.8, 4) is 5.75 Å². The van der Waals surface area contributed by atoms with Crippen LogP contribution in [0.4, 0.5) is 0 Å². The van der Waals surface area contributed by atoms with E-state index in [1.54, 1.807) is 4.90 Å². The first-order valence-corrected chi connectivity index (χ1v) is 9.53. The maximum absolute atomic E-state index is 11.6. The summed E-state index contributed by atoms with van der Waals surface area (Å²) in [6.45, 7) is 6.02. The largest absolute Gasteiger partial charge is 0.494 e. The van der Waals surface area contributed by atoms with Crippen LogP contribution in [0.15, 0.2) is 27.8 Å². The maximum atomic E-state index is 11.6. The second kappa shape index (κ2) is 8.38. The van der Waals surface area contributed by atoms with Gasteiger partial charge in [0.1, 0.15) is 5.75 Å². The summed E-state index contributed by atoms with van der Waals surface area (Å²) >= 11 is 1.52. The van der Waals surface area contributed by atoms with Crippen molar-refractivity contribution in [3.05, 3.63) is 35.2 Å². The first-order chi connectivity index (χ1) is 12.1. The van der Waals surface area contributed by atoms with E-state index in [9.17, 15) is 4.79 Å². The molecule has 1 aromatic heterocycles. The Bertz CT molecular complexity index is 732. The van der Waals surface area contributed by atoms with Gasteiger partial charge in [-0.3, -0.25) is 4.79 Å². The zero-order valence-electron chi connectivity index (χ0n) is 14.7. The number of benzene rings is 1. The number of carbonyl (C=O) groups is 1. The average Bonchev–Trinajstić information content (AvgIpc) is 3.20. The molecule has 25 heavy (non-hydrogen) atoms. The Hall–Kier alpha value is -2.02. The summed E-state index contributed by atoms with van der Waals surface area (Å²) in [5.41, 5.74) is 2.51. The van der Waals surface area contributed by atoms with E-state index < -0.39 is 0 Å². The molecule has 0 radical (unpaired) electrons. The molecule has 1 amide bonds. The maximum Gasteiger partial charge on any atom is 0.276 e. The highest BCUT2D eigenvalue weighted by Crippen LogP contribution is 2.20. The van der Waals surface area contributed by atoms with Crippen molar-refractivity contribution >= 4 is 17.7 Å². The number of nitrogens with zero attached hydrogens (tertiary/aromatic N) is 3. The fourth-order valence-corrected chi connectivity index (χ4v) is 3.30. The Morgan fingerprint density at radius 1 is 1.28 bits per heavy atom.